The number of nitrogens with two attached hydrogens (primary N) is 1. The standard InChI is InChI=1S/C9H11N5/c10-8-6-11-2-1-9(8)12-3-7-4-13-14-5-7/h1-2,4-6H,3,10H2,(H,11,12)(H,13,14). The highest BCUT2D eigenvalue weighted by molar-refractivity contribution is 5.64. The minimum Gasteiger partial charge on any atom is -0.396 e. The van der Waals surface area contributed by atoms with Gasteiger partial charge in [-0.25, -0.2) is 0 Å². The van der Waals surface area contributed by atoms with Crippen molar-refractivity contribution in [1.82, 2.24) is 15.2 Å². The zero-order valence-corrected chi connectivity index (χ0v) is 7.57. The van der Waals surface area contributed by atoms with Gasteiger partial charge in [0.15, 0.2) is 0 Å². The summed E-state index contributed by atoms with van der Waals surface area (Å²) in [5.74, 6) is 0. The molecule has 5 heteroatoms. The molecule has 0 radical (unpaired) electrons. The van der Waals surface area contributed by atoms with Crippen molar-refractivity contribution >= 4 is 11.4 Å². The summed E-state index contributed by atoms with van der Waals surface area (Å²) in [5.41, 5.74) is 8.34. The number of pyridine rings is 1. The molecule has 0 atom stereocenters. The number of nitrogens with zero attached hydrogens (tertiary/aromatic N) is 2. The lowest BCUT2D eigenvalue weighted by molar-refractivity contribution is 1.09. The number of rotatable bonds is 3. The van der Waals surface area contributed by atoms with Gasteiger partial charge in [-0.05, 0) is 6.07 Å². The summed E-state index contributed by atoms with van der Waals surface area (Å²) in [6, 6.07) is 1.84. The van der Waals surface area contributed by atoms with Crippen molar-refractivity contribution in [2.24, 2.45) is 0 Å². The molecule has 0 bridgehead atoms. The molecule has 0 aromatic carbocycles. The lowest BCUT2D eigenvalue weighted by Gasteiger charge is -2.06. The Kier molecular flexibility index (Phi) is 2.31. The molecule has 0 aliphatic carbocycles. The van der Waals surface area contributed by atoms with Crippen LogP contribution in [0, 0.1) is 0 Å². The number of hydrogen-bond donors (Lipinski definition) is 3. The van der Waals surface area contributed by atoms with Gasteiger partial charge in [-0.3, -0.25) is 10.1 Å². The maximum atomic E-state index is 5.71. The molecule has 0 aliphatic rings. The van der Waals surface area contributed by atoms with E-state index in [4.69, 9.17) is 5.73 Å². The van der Waals surface area contributed by atoms with Gasteiger partial charge in [0.05, 0.1) is 23.8 Å². The maximum Gasteiger partial charge on any atom is 0.0736 e. The molecule has 2 rings (SSSR count). The van der Waals surface area contributed by atoms with E-state index in [0.717, 1.165) is 11.3 Å². The molecule has 0 fully saturated rings. The number of nitrogen functional groups attached to an aromatic ring is 1. The second kappa shape index (κ2) is 3.78. The van der Waals surface area contributed by atoms with E-state index in [1.807, 2.05) is 12.3 Å². The summed E-state index contributed by atoms with van der Waals surface area (Å²) in [7, 11) is 0. The predicted molar refractivity (Wildman–Crippen MR) is 54.6 cm³/mol. The fourth-order valence-corrected chi connectivity index (χ4v) is 1.14. The molecule has 0 spiro atoms. The molecule has 0 saturated carbocycles. The third-order valence-corrected chi connectivity index (χ3v) is 1.89. The molecule has 0 saturated heterocycles. The highest BCUT2D eigenvalue weighted by Gasteiger charge is 1.97. The second-order valence-corrected chi connectivity index (χ2v) is 2.92. The first-order valence-corrected chi connectivity index (χ1v) is 4.27. The number of aromatic amines is 1. The first-order valence-electron chi connectivity index (χ1n) is 4.27. The first-order chi connectivity index (χ1) is 6.86. The van der Waals surface area contributed by atoms with Crippen LogP contribution < -0.4 is 11.1 Å². The topological polar surface area (TPSA) is 79.6 Å². The molecular weight excluding hydrogens is 178 g/mol. The molecule has 0 unspecified atom stereocenters. The third kappa shape index (κ3) is 1.82. The van der Waals surface area contributed by atoms with Gasteiger partial charge in [0.1, 0.15) is 0 Å². The zero-order chi connectivity index (χ0) is 9.80. The highest BCUT2D eigenvalue weighted by atomic mass is 15.1. The number of nitrogens with one attached hydrogen (secondary N) is 2. The van der Waals surface area contributed by atoms with Crippen molar-refractivity contribution in [3.05, 3.63) is 36.4 Å². The van der Waals surface area contributed by atoms with Crippen molar-refractivity contribution in [1.29, 1.82) is 0 Å². The van der Waals surface area contributed by atoms with Crippen LogP contribution in [0.1, 0.15) is 5.56 Å². The Balaban J connectivity index is 2.02. The van der Waals surface area contributed by atoms with Crippen LogP contribution in [-0.2, 0) is 6.54 Å². The van der Waals surface area contributed by atoms with E-state index < -0.39 is 0 Å². The molecule has 0 aliphatic heterocycles. The number of anilines is 2. The Labute approximate surface area is 81.4 Å². The Bertz CT molecular complexity index is 395. The van der Waals surface area contributed by atoms with Gasteiger partial charge in [-0.15, -0.1) is 0 Å². The Hall–Kier alpha value is -2.04. The van der Waals surface area contributed by atoms with Crippen molar-refractivity contribution in [2.45, 2.75) is 6.54 Å². The zero-order valence-electron chi connectivity index (χ0n) is 7.57. The maximum absolute atomic E-state index is 5.71. The van der Waals surface area contributed by atoms with Crippen LogP contribution in [0.15, 0.2) is 30.9 Å². The number of H-pyrrole nitrogens is 1. The Morgan fingerprint density at radius 2 is 2.36 bits per heavy atom. The van der Waals surface area contributed by atoms with Crippen molar-refractivity contribution in [2.75, 3.05) is 11.1 Å². The summed E-state index contributed by atoms with van der Waals surface area (Å²) >= 11 is 0. The van der Waals surface area contributed by atoms with Crippen LogP contribution in [0.2, 0.25) is 0 Å². The first kappa shape index (κ1) is 8.55. The lowest BCUT2D eigenvalue weighted by Crippen LogP contribution is -2.01. The molecule has 0 amide bonds. The van der Waals surface area contributed by atoms with Crippen LogP contribution in [0.4, 0.5) is 11.4 Å². The molecule has 2 aromatic heterocycles. The molecule has 2 heterocycles. The fraction of sp³-hybridized carbons (Fsp3) is 0.111. The SMILES string of the molecule is Nc1cnccc1NCc1cn[nH]c1. The molecular formula is C9H11N5. The van der Waals surface area contributed by atoms with Gasteiger partial charge in [0, 0.05) is 24.5 Å². The molecule has 5 nitrogen and oxygen atoms in total. The monoisotopic (exact) mass is 189 g/mol. The van der Waals surface area contributed by atoms with Gasteiger partial charge in [-0.2, -0.15) is 5.10 Å². The van der Waals surface area contributed by atoms with Gasteiger partial charge in [0.25, 0.3) is 0 Å². The van der Waals surface area contributed by atoms with E-state index in [2.05, 4.69) is 20.5 Å². The van der Waals surface area contributed by atoms with Crippen LogP contribution in [-0.4, -0.2) is 15.2 Å². The quantitative estimate of drug-likeness (QED) is 0.673. The van der Waals surface area contributed by atoms with Crippen LogP contribution in [0.3, 0.4) is 0 Å². The Morgan fingerprint density at radius 1 is 1.43 bits per heavy atom. The average Bonchev–Trinajstić information content (AvgIpc) is 2.69. The summed E-state index contributed by atoms with van der Waals surface area (Å²) < 4.78 is 0. The van der Waals surface area contributed by atoms with E-state index in [1.165, 1.54) is 0 Å². The van der Waals surface area contributed by atoms with Gasteiger partial charge in [-0.1, -0.05) is 0 Å². The van der Waals surface area contributed by atoms with E-state index in [0.29, 0.717) is 12.2 Å². The minimum absolute atomic E-state index is 0.649. The lowest BCUT2D eigenvalue weighted by atomic mass is 10.3. The number of hydrogen-bond acceptors (Lipinski definition) is 4. The van der Waals surface area contributed by atoms with Crippen LogP contribution in [0.5, 0.6) is 0 Å². The number of aromatic nitrogens is 3. The minimum atomic E-state index is 0.649. The van der Waals surface area contributed by atoms with Crippen molar-refractivity contribution in [3.63, 3.8) is 0 Å². The van der Waals surface area contributed by atoms with Crippen LogP contribution >= 0.6 is 0 Å². The third-order valence-electron chi connectivity index (χ3n) is 1.89. The predicted octanol–water partition coefficient (Wildman–Crippen LogP) is 0.999. The fourth-order valence-electron chi connectivity index (χ4n) is 1.14. The van der Waals surface area contributed by atoms with Gasteiger partial charge < -0.3 is 11.1 Å². The summed E-state index contributed by atoms with van der Waals surface area (Å²) in [4.78, 5) is 3.91. The molecule has 14 heavy (non-hydrogen) atoms. The molecule has 72 valence electrons. The highest BCUT2D eigenvalue weighted by Crippen LogP contribution is 2.15. The molecule has 2 aromatic rings. The van der Waals surface area contributed by atoms with Crippen molar-refractivity contribution in [3.8, 4) is 0 Å². The summed E-state index contributed by atoms with van der Waals surface area (Å²) in [5, 5.41) is 9.79. The van der Waals surface area contributed by atoms with E-state index in [9.17, 15) is 0 Å². The van der Waals surface area contributed by atoms with Crippen molar-refractivity contribution < 1.29 is 0 Å². The smallest absolute Gasteiger partial charge is 0.0736 e. The molecule has 4 N–H and O–H groups in total. The Morgan fingerprint density at radius 3 is 3.07 bits per heavy atom. The van der Waals surface area contributed by atoms with E-state index >= 15 is 0 Å². The van der Waals surface area contributed by atoms with Crippen LogP contribution in [0.25, 0.3) is 0 Å². The largest absolute Gasteiger partial charge is 0.396 e. The van der Waals surface area contributed by atoms with E-state index in [-0.39, 0.29) is 0 Å². The average molecular weight is 189 g/mol. The second-order valence-electron chi connectivity index (χ2n) is 2.92. The normalized spacial score (nSPS) is 10.0. The van der Waals surface area contributed by atoms with Gasteiger partial charge >= 0.3 is 0 Å². The van der Waals surface area contributed by atoms with Gasteiger partial charge in [0.2, 0.25) is 0 Å². The summed E-state index contributed by atoms with van der Waals surface area (Å²) in [6.45, 7) is 0.699. The van der Waals surface area contributed by atoms with E-state index in [1.54, 1.807) is 18.6 Å². The summed E-state index contributed by atoms with van der Waals surface area (Å²) in [6.07, 6.45) is 6.93.